The molecule has 0 spiro atoms. The lowest BCUT2D eigenvalue weighted by molar-refractivity contribution is 0.413. The van der Waals surface area contributed by atoms with Crippen LogP contribution in [0.5, 0.6) is 5.75 Å². The van der Waals surface area contributed by atoms with Crippen LogP contribution in [-0.4, -0.2) is 16.7 Å². The first-order valence-electron chi connectivity index (χ1n) is 6.33. The normalized spacial score (nSPS) is 10.6. The van der Waals surface area contributed by atoms with Crippen LogP contribution in [-0.2, 0) is 7.05 Å². The molecule has 3 aromatic rings. The van der Waals surface area contributed by atoms with E-state index in [1.54, 1.807) is 19.4 Å². The van der Waals surface area contributed by atoms with Gasteiger partial charge < -0.3 is 9.30 Å². The lowest BCUT2D eigenvalue weighted by Crippen LogP contribution is -1.93. The lowest BCUT2D eigenvalue weighted by Gasteiger charge is -2.08. The van der Waals surface area contributed by atoms with Gasteiger partial charge in [-0.15, -0.1) is 0 Å². The van der Waals surface area contributed by atoms with Crippen LogP contribution >= 0.6 is 11.6 Å². The van der Waals surface area contributed by atoms with E-state index in [9.17, 15) is 0 Å². The molecule has 0 aliphatic carbocycles. The Bertz CT molecular complexity index is 877. The van der Waals surface area contributed by atoms with Crippen molar-refractivity contribution in [3.8, 4) is 23.1 Å². The number of hydrogen-bond acceptors (Lipinski definition) is 3. The zero-order valence-electron chi connectivity index (χ0n) is 11.6. The van der Waals surface area contributed by atoms with Gasteiger partial charge in [-0.3, -0.25) is 4.98 Å². The van der Waals surface area contributed by atoms with Crippen LogP contribution < -0.4 is 4.74 Å². The molecule has 4 nitrogen and oxygen atoms in total. The van der Waals surface area contributed by atoms with Crippen LogP contribution in [0.25, 0.3) is 22.3 Å². The molecule has 0 saturated heterocycles. The average Bonchev–Trinajstić information content (AvgIpc) is 2.83. The Morgan fingerprint density at radius 2 is 2.10 bits per heavy atom. The summed E-state index contributed by atoms with van der Waals surface area (Å²) in [6, 6.07) is 11.5. The number of benzene rings is 1. The Labute approximate surface area is 127 Å². The van der Waals surface area contributed by atoms with E-state index >= 15 is 0 Å². The number of fused-ring (bicyclic) bond motifs is 1. The molecule has 2 aromatic heterocycles. The minimum absolute atomic E-state index is 0.515. The Hall–Kier alpha value is -2.51. The van der Waals surface area contributed by atoms with Gasteiger partial charge in [0.05, 0.1) is 34.4 Å². The Balaban J connectivity index is 2.21. The van der Waals surface area contributed by atoms with E-state index in [4.69, 9.17) is 21.6 Å². The molecule has 0 aliphatic heterocycles. The molecule has 0 unspecified atom stereocenters. The Morgan fingerprint density at radius 1 is 1.29 bits per heavy atom. The summed E-state index contributed by atoms with van der Waals surface area (Å²) in [5.41, 5.74) is 4.30. The molecule has 0 saturated carbocycles. The molecule has 1 aromatic carbocycles. The number of aryl methyl sites for hydroxylation is 1. The van der Waals surface area contributed by atoms with Crippen LogP contribution in [0.15, 0.2) is 36.5 Å². The number of aromatic nitrogens is 2. The number of halogens is 1. The minimum Gasteiger partial charge on any atom is -0.495 e. The van der Waals surface area contributed by atoms with Crippen LogP contribution in [0.4, 0.5) is 0 Å². The fourth-order valence-electron chi connectivity index (χ4n) is 2.40. The Morgan fingerprint density at radius 3 is 2.81 bits per heavy atom. The van der Waals surface area contributed by atoms with E-state index in [0.29, 0.717) is 16.3 Å². The van der Waals surface area contributed by atoms with Crippen LogP contribution in [0.2, 0.25) is 5.02 Å². The van der Waals surface area contributed by atoms with E-state index in [1.165, 1.54) is 0 Å². The highest BCUT2D eigenvalue weighted by molar-refractivity contribution is 6.31. The third-order valence-electron chi connectivity index (χ3n) is 3.48. The van der Waals surface area contributed by atoms with Gasteiger partial charge in [-0.1, -0.05) is 17.7 Å². The topological polar surface area (TPSA) is 50.8 Å². The van der Waals surface area contributed by atoms with E-state index < -0.39 is 0 Å². The number of hydrogen-bond donors (Lipinski definition) is 0. The molecule has 0 aliphatic rings. The highest BCUT2D eigenvalue weighted by Gasteiger charge is 2.11. The number of ether oxygens (including phenoxy) is 1. The van der Waals surface area contributed by atoms with Gasteiger partial charge in [0.1, 0.15) is 11.8 Å². The molecule has 0 atom stereocenters. The van der Waals surface area contributed by atoms with Crippen LogP contribution in [0.3, 0.4) is 0 Å². The van der Waals surface area contributed by atoms with Gasteiger partial charge in [-0.25, -0.2) is 0 Å². The van der Waals surface area contributed by atoms with Crippen molar-refractivity contribution in [3.63, 3.8) is 0 Å². The molecule has 0 bridgehead atoms. The van der Waals surface area contributed by atoms with Gasteiger partial charge in [0.2, 0.25) is 0 Å². The maximum absolute atomic E-state index is 9.05. The highest BCUT2D eigenvalue weighted by Crippen LogP contribution is 2.31. The van der Waals surface area contributed by atoms with Crippen molar-refractivity contribution >= 4 is 22.6 Å². The van der Waals surface area contributed by atoms with Crippen molar-refractivity contribution in [1.82, 2.24) is 9.55 Å². The maximum Gasteiger partial charge on any atom is 0.137 e. The summed E-state index contributed by atoms with van der Waals surface area (Å²) in [4.78, 5) is 4.33. The van der Waals surface area contributed by atoms with E-state index in [-0.39, 0.29) is 0 Å². The number of rotatable bonds is 2. The van der Waals surface area contributed by atoms with Gasteiger partial charge in [0, 0.05) is 18.8 Å². The van der Waals surface area contributed by atoms with Crippen LogP contribution in [0.1, 0.15) is 5.56 Å². The minimum atomic E-state index is 0.515. The summed E-state index contributed by atoms with van der Waals surface area (Å²) in [6.45, 7) is 0. The average molecular weight is 298 g/mol. The van der Waals surface area contributed by atoms with E-state index in [2.05, 4.69) is 11.1 Å². The molecule has 0 radical (unpaired) electrons. The second-order valence-electron chi connectivity index (χ2n) is 4.67. The van der Waals surface area contributed by atoms with Crippen molar-refractivity contribution in [3.05, 3.63) is 47.1 Å². The van der Waals surface area contributed by atoms with Gasteiger partial charge in [0.15, 0.2) is 0 Å². The second-order valence-corrected chi connectivity index (χ2v) is 5.11. The summed E-state index contributed by atoms with van der Waals surface area (Å²) in [5, 5.41) is 9.65. The molecule has 2 heterocycles. The standard InChI is InChI=1S/C16H12ClN3O/c1-20-14(7-13-15(20)6-12(17)9-19-13)10-3-4-11(8-18)16(5-10)21-2/h3-7,9H,1-2H3. The molecule has 3 rings (SSSR count). The number of nitriles is 1. The van der Waals surface area contributed by atoms with Crippen molar-refractivity contribution in [2.24, 2.45) is 7.05 Å². The summed E-state index contributed by atoms with van der Waals surface area (Å²) >= 11 is 6.00. The molecular formula is C16H12ClN3O. The van der Waals surface area contributed by atoms with Crippen molar-refractivity contribution in [1.29, 1.82) is 5.26 Å². The largest absolute Gasteiger partial charge is 0.495 e. The third kappa shape index (κ3) is 2.22. The van der Waals surface area contributed by atoms with E-state index in [1.807, 2.05) is 35.9 Å². The monoisotopic (exact) mass is 297 g/mol. The first kappa shape index (κ1) is 13.5. The molecule has 5 heteroatoms. The smallest absolute Gasteiger partial charge is 0.137 e. The quantitative estimate of drug-likeness (QED) is 0.723. The molecular weight excluding hydrogens is 286 g/mol. The van der Waals surface area contributed by atoms with Gasteiger partial charge >= 0.3 is 0 Å². The van der Waals surface area contributed by atoms with Gasteiger partial charge in [-0.05, 0) is 24.3 Å². The first-order valence-corrected chi connectivity index (χ1v) is 6.71. The lowest BCUT2D eigenvalue weighted by atomic mass is 10.1. The Kier molecular flexibility index (Phi) is 3.28. The predicted octanol–water partition coefficient (Wildman–Crippen LogP) is 3.77. The fourth-order valence-corrected chi connectivity index (χ4v) is 2.55. The number of pyridine rings is 1. The van der Waals surface area contributed by atoms with Gasteiger partial charge in [0.25, 0.3) is 0 Å². The maximum atomic E-state index is 9.05. The SMILES string of the molecule is COc1cc(-c2cc3ncc(Cl)cc3n2C)ccc1C#N. The zero-order chi connectivity index (χ0) is 15.0. The molecule has 104 valence electrons. The summed E-state index contributed by atoms with van der Waals surface area (Å²) in [5.74, 6) is 0.561. The second kappa shape index (κ2) is 5.12. The number of nitrogens with zero attached hydrogens (tertiary/aromatic N) is 3. The fraction of sp³-hybridized carbons (Fsp3) is 0.125. The van der Waals surface area contributed by atoms with E-state index in [0.717, 1.165) is 22.3 Å². The molecule has 0 fully saturated rings. The third-order valence-corrected chi connectivity index (χ3v) is 3.68. The van der Waals surface area contributed by atoms with Crippen molar-refractivity contribution in [2.45, 2.75) is 0 Å². The highest BCUT2D eigenvalue weighted by atomic mass is 35.5. The van der Waals surface area contributed by atoms with Gasteiger partial charge in [-0.2, -0.15) is 5.26 Å². The summed E-state index contributed by atoms with van der Waals surface area (Å²) in [7, 11) is 3.52. The van der Waals surface area contributed by atoms with Crippen molar-refractivity contribution < 1.29 is 4.74 Å². The molecule has 21 heavy (non-hydrogen) atoms. The summed E-state index contributed by atoms with van der Waals surface area (Å²) < 4.78 is 7.29. The summed E-state index contributed by atoms with van der Waals surface area (Å²) in [6.07, 6.45) is 1.63. The zero-order valence-corrected chi connectivity index (χ0v) is 12.3. The molecule has 0 N–H and O–H groups in total. The predicted molar refractivity (Wildman–Crippen MR) is 82.4 cm³/mol. The molecule has 0 amide bonds. The van der Waals surface area contributed by atoms with Crippen molar-refractivity contribution in [2.75, 3.05) is 7.11 Å². The first-order chi connectivity index (χ1) is 10.1. The number of methoxy groups -OCH3 is 1. The van der Waals surface area contributed by atoms with Crippen LogP contribution in [0, 0.1) is 11.3 Å².